The topological polar surface area (TPSA) is 17.8 Å². The van der Waals surface area contributed by atoms with E-state index in [9.17, 15) is 0 Å². The molecule has 2 nitrogen and oxygen atoms in total. The van der Waals surface area contributed by atoms with Gasteiger partial charge in [-0.15, -0.1) is 11.8 Å². The Balaban J connectivity index is 1.64. The van der Waals surface area contributed by atoms with Crippen molar-refractivity contribution in [3.8, 4) is 0 Å². The maximum Gasteiger partial charge on any atom is 0.120 e. The third-order valence-electron chi connectivity index (χ3n) is 4.38. The van der Waals surface area contributed by atoms with E-state index in [2.05, 4.69) is 66.1 Å². The first kappa shape index (κ1) is 17.2. The molecule has 0 spiro atoms. The second-order valence-corrected chi connectivity index (χ2v) is 7.82. The van der Waals surface area contributed by atoms with E-state index >= 15 is 0 Å². The summed E-state index contributed by atoms with van der Waals surface area (Å²) >= 11 is 7.77. The Kier molecular flexibility index (Phi) is 5.00. The van der Waals surface area contributed by atoms with E-state index in [1.165, 1.54) is 21.5 Å². The molecule has 0 aliphatic carbocycles. The lowest BCUT2D eigenvalue weighted by Crippen LogP contribution is -2.04. The highest BCUT2D eigenvalue weighted by molar-refractivity contribution is 7.98. The Labute approximate surface area is 162 Å². The largest absolute Gasteiger partial charge is 0.323 e. The van der Waals surface area contributed by atoms with Crippen LogP contribution < -0.4 is 0 Å². The summed E-state index contributed by atoms with van der Waals surface area (Å²) in [5, 5.41) is 0.765. The summed E-state index contributed by atoms with van der Waals surface area (Å²) in [5.74, 6) is 1.91. The maximum atomic E-state index is 5.98. The molecular formula is C22H19ClN2S. The number of rotatable bonds is 5. The zero-order chi connectivity index (χ0) is 17.9. The maximum absolute atomic E-state index is 5.98. The van der Waals surface area contributed by atoms with Crippen molar-refractivity contribution < 1.29 is 0 Å². The number of halogens is 1. The highest BCUT2D eigenvalue weighted by atomic mass is 35.5. The van der Waals surface area contributed by atoms with Crippen LogP contribution in [0.2, 0.25) is 5.02 Å². The second-order valence-electron chi connectivity index (χ2n) is 6.33. The van der Waals surface area contributed by atoms with Gasteiger partial charge in [0.05, 0.1) is 16.8 Å². The van der Waals surface area contributed by atoms with E-state index in [0.29, 0.717) is 0 Å². The summed E-state index contributed by atoms with van der Waals surface area (Å²) in [6.07, 6.45) is 0. The Bertz CT molecular complexity index is 1020. The van der Waals surface area contributed by atoms with E-state index in [0.717, 1.165) is 28.7 Å². The minimum absolute atomic E-state index is 0.765. The molecular weight excluding hydrogens is 360 g/mol. The number of fused-ring (bicyclic) bond motifs is 1. The van der Waals surface area contributed by atoms with E-state index < -0.39 is 0 Å². The van der Waals surface area contributed by atoms with E-state index in [4.69, 9.17) is 16.6 Å². The van der Waals surface area contributed by atoms with Crippen molar-refractivity contribution in [2.45, 2.75) is 24.1 Å². The first-order valence-corrected chi connectivity index (χ1v) is 9.93. The number of benzene rings is 3. The molecule has 1 aromatic heterocycles. The molecule has 0 aliphatic heterocycles. The van der Waals surface area contributed by atoms with Crippen LogP contribution in [-0.2, 0) is 12.3 Å². The van der Waals surface area contributed by atoms with Gasteiger partial charge in [-0.3, -0.25) is 0 Å². The summed E-state index contributed by atoms with van der Waals surface area (Å²) < 4.78 is 2.32. The van der Waals surface area contributed by atoms with Gasteiger partial charge in [-0.25, -0.2) is 4.98 Å². The molecule has 4 heteroatoms. The monoisotopic (exact) mass is 378 g/mol. The van der Waals surface area contributed by atoms with Crippen LogP contribution in [0.25, 0.3) is 11.0 Å². The summed E-state index contributed by atoms with van der Waals surface area (Å²) in [7, 11) is 0. The number of hydrogen-bond donors (Lipinski definition) is 0. The van der Waals surface area contributed by atoms with Gasteiger partial charge in [0.15, 0.2) is 0 Å². The fraction of sp³-hybridized carbons (Fsp3) is 0.136. The highest BCUT2D eigenvalue weighted by Crippen LogP contribution is 2.26. The SMILES string of the molecule is Cc1ccc(Cn2c(CSc3ccc(Cl)cc3)nc3ccccc32)cc1. The van der Waals surface area contributed by atoms with Crippen LogP contribution in [0.4, 0.5) is 0 Å². The van der Waals surface area contributed by atoms with Crippen LogP contribution in [0.15, 0.2) is 77.7 Å². The minimum atomic E-state index is 0.765. The van der Waals surface area contributed by atoms with Gasteiger partial charge in [0.2, 0.25) is 0 Å². The lowest BCUT2D eigenvalue weighted by molar-refractivity contribution is 0.780. The predicted molar refractivity (Wildman–Crippen MR) is 111 cm³/mol. The van der Waals surface area contributed by atoms with Crippen molar-refractivity contribution in [1.82, 2.24) is 9.55 Å². The number of para-hydroxylation sites is 2. The van der Waals surface area contributed by atoms with Gasteiger partial charge < -0.3 is 4.57 Å². The lowest BCUT2D eigenvalue weighted by atomic mass is 10.1. The van der Waals surface area contributed by atoms with Crippen LogP contribution in [0.1, 0.15) is 17.0 Å². The average Bonchev–Trinajstić information content (AvgIpc) is 3.01. The molecule has 0 atom stereocenters. The first-order chi connectivity index (χ1) is 12.7. The molecule has 1 heterocycles. The van der Waals surface area contributed by atoms with Crippen molar-refractivity contribution in [1.29, 1.82) is 0 Å². The molecule has 0 radical (unpaired) electrons. The molecule has 0 saturated heterocycles. The van der Waals surface area contributed by atoms with Gasteiger partial charge in [0.25, 0.3) is 0 Å². The van der Waals surface area contributed by atoms with Gasteiger partial charge in [0.1, 0.15) is 5.82 Å². The summed E-state index contributed by atoms with van der Waals surface area (Å²) in [6.45, 7) is 2.95. The van der Waals surface area contributed by atoms with Crippen LogP contribution >= 0.6 is 23.4 Å². The number of hydrogen-bond acceptors (Lipinski definition) is 2. The number of aryl methyl sites for hydroxylation is 1. The molecule has 26 heavy (non-hydrogen) atoms. The van der Waals surface area contributed by atoms with Crippen LogP contribution in [0, 0.1) is 6.92 Å². The minimum Gasteiger partial charge on any atom is -0.323 e. The smallest absolute Gasteiger partial charge is 0.120 e. The molecule has 4 aromatic rings. The fourth-order valence-corrected chi connectivity index (χ4v) is 3.94. The third-order valence-corrected chi connectivity index (χ3v) is 5.64. The van der Waals surface area contributed by atoms with Crippen molar-refractivity contribution in [2.75, 3.05) is 0 Å². The van der Waals surface area contributed by atoms with Gasteiger partial charge >= 0.3 is 0 Å². The Morgan fingerprint density at radius 3 is 2.42 bits per heavy atom. The summed E-state index contributed by atoms with van der Waals surface area (Å²) in [6, 6.07) is 25.0. The van der Waals surface area contributed by atoms with Crippen molar-refractivity contribution in [3.05, 3.63) is 94.8 Å². The van der Waals surface area contributed by atoms with Gasteiger partial charge in [-0.1, -0.05) is 53.6 Å². The number of thioether (sulfide) groups is 1. The molecule has 0 bridgehead atoms. The van der Waals surface area contributed by atoms with Gasteiger partial charge in [-0.05, 0) is 48.9 Å². The fourth-order valence-electron chi connectivity index (χ4n) is 2.97. The normalized spacial score (nSPS) is 11.2. The first-order valence-electron chi connectivity index (χ1n) is 8.57. The van der Waals surface area contributed by atoms with Crippen molar-refractivity contribution >= 4 is 34.4 Å². The lowest BCUT2D eigenvalue weighted by Gasteiger charge is -2.10. The molecule has 0 saturated carbocycles. The predicted octanol–water partition coefficient (Wildman–Crippen LogP) is 6.34. The summed E-state index contributed by atoms with van der Waals surface area (Å²) in [5.41, 5.74) is 4.80. The molecule has 4 rings (SSSR count). The van der Waals surface area contributed by atoms with E-state index in [1.807, 2.05) is 18.2 Å². The number of imidazole rings is 1. The quantitative estimate of drug-likeness (QED) is 0.377. The number of aromatic nitrogens is 2. The molecule has 0 N–H and O–H groups in total. The van der Waals surface area contributed by atoms with E-state index in [1.54, 1.807) is 11.8 Å². The molecule has 0 amide bonds. The van der Waals surface area contributed by atoms with E-state index in [-0.39, 0.29) is 0 Å². The molecule has 3 aromatic carbocycles. The van der Waals surface area contributed by atoms with Crippen LogP contribution in [0.5, 0.6) is 0 Å². The molecule has 0 unspecified atom stereocenters. The Morgan fingerprint density at radius 2 is 1.65 bits per heavy atom. The summed E-state index contributed by atoms with van der Waals surface area (Å²) in [4.78, 5) is 6.07. The average molecular weight is 379 g/mol. The standard InChI is InChI=1S/C22H19ClN2S/c1-16-6-8-17(9-7-16)14-25-21-5-3-2-4-20(21)24-22(25)15-26-19-12-10-18(23)11-13-19/h2-13H,14-15H2,1H3. The highest BCUT2D eigenvalue weighted by Gasteiger charge is 2.11. The third kappa shape index (κ3) is 3.79. The van der Waals surface area contributed by atoms with Gasteiger partial charge in [0, 0.05) is 16.5 Å². The Morgan fingerprint density at radius 1 is 0.923 bits per heavy atom. The van der Waals surface area contributed by atoms with Crippen LogP contribution in [-0.4, -0.2) is 9.55 Å². The molecule has 0 fully saturated rings. The van der Waals surface area contributed by atoms with Crippen LogP contribution in [0.3, 0.4) is 0 Å². The molecule has 130 valence electrons. The number of nitrogens with zero attached hydrogens (tertiary/aromatic N) is 2. The second kappa shape index (κ2) is 7.56. The zero-order valence-electron chi connectivity index (χ0n) is 14.5. The van der Waals surface area contributed by atoms with Crippen molar-refractivity contribution in [3.63, 3.8) is 0 Å². The molecule has 0 aliphatic rings. The Hall–Kier alpha value is -2.23. The van der Waals surface area contributed by atoms with Crippen molar-refractivity contribution in [2.24, 2.45) is 0 Å². The van der Waals surface area contributed by atoms with Gasteiger partial charge in [-0.2, -0.15) is 0 Å². The zero-order valence-corrected chi connectivity index (χ0v) is 16.1.